The summed E-state index contributed by atoms with van der Waals surface area (Å²) in [6.07, 6.45) is 4.15. The van der Waals surface area contributed by atoms with Gasteiger partial charge in [0.1, 0.15) is 5.54 Å². The number of carbonyl (C=O) groups is 2. The molecule has 0 atom stereocenters. The second-order valence-electron chi connectivity index (χ2n) is 8.82. The van der Waals surface area contributed by atoms with E-state index in [1.807, 2.05) is 60.7 Å². The number of benzene rings is 2. The van der Waals surface area contributed by atoms with E-state index >= 15 is 0 Å². The van der Waals surface area contributed by atoms with Crippen LogP contribution in [0.1, 0.15) is 48.0 Å². The number of carbonyl (C=O) groups excluding carboxylic acids is 2. The van der Waals surface area contributed by atoms with E-state index in [1.54, 1.807) is 0 Å². The van der Waals surface area contributed by atoms with Crippen molar-refractivity contribution in [2.75, 3.05) is 39.5 Å². The van der Waals surface area contributed by atoms with Crippen LogP contribution >= 0.6 is 0 Å². The quantitative estimate of drug-likeness (QED) is 0.583. The van der Waals surface area contributed by atoms with E-state index in [0.29, 0.717) is 18.4 Å². The van der Waals surface area contributed by atoms with Crippen molar-refractivity contribution in [1.82, 2.24) is 15.5 Å². The molecule has 3 N–H and O–H groups in total. The van der Waals surface area contributed by atoms with E-state index in [0.717, 1.165) is 57.7 Å². The molecule has 1 aliphatic carbocycles. The monoisotopic (exact) mass is 467 g/mol. The van der Waals surface area contributed by atoms with Crippen molar-refractivity contribution in [1.29, 1.82) is 0 Å². The molecule has 1 aliphatic heterocycles. The van der Waals surface area contributed by atoms with E-state index in [9.17, 15) is 9.59 Å². The van der Waals surface area contributed by atoms with Gasteiger partial charge < -0.3 is 20.5 Å². The maximum Gasteiger partial charge on any atom is 0.252 e. The number of morpholine rings is 1. The number of aliphatic hydroxyl groups excluding tert-OH is 1. The van der Waals surface area contributed by atoms with E-state index in [4.69, 9.17) is 9.84 Å². The number of amides is 2. The summed E-state index contributed by atoms with van der Waals surface area (Å²) in [6.45, 7) is 4.31. The number of rotatable bonds is 7. The first kappa shape index (κ1) is 25.9. The van der Waals surface area contributed by atoms with Gasteiger partial charge in [0.15, 0.2) is 0 Å². The van der Waals surface area contributed by atoms with E-state index < -0.39 is 5.54 Å². The Hall–Kier alpha value is -2.74. The molecule has 0 unspecified atom stereocenters. The Kier molecular flexibility index (Phi) is 10.5. The normalized spacial score (nSPS) is 17.7. The average Bonchev–Trinajstić information content (AvgIpc) is 2.90. The fourth-order valence-corrected chi connectivity index (χ4v) is 4.36. The van der Waals surface area contributed by atoms with Crippen LogP contribution in [0, 0.1) is 0 Å². The number of hydrogen-bond donors (Lipinski definition) is 3. The molecule has 1 heterocycles. The molecular formula is C27H37N3O4. The van der Waals surface area contributed by atoms with Crippen molar-refractivity contribution < 1.29 is 19.4 Å². The third-order valence-corrected chi connectivity index (χ3v) is 6.28. The van der Waals surface area contributed by atoms with Crippen molar-refractivity contribution >= 4 is 11.8 Å². The summed E-state index contributed by atoms with van der Waals surface area (Å²) in [5.74, 6) is -0.419. The van der Waals surface area contributed by atoms with Crippen molar-refractivity contribution in [3.63, 3.8) is 0 Å². The van der Waals surface area contributed by atoms with Gasteiger partial charge in [0, 0.05) is 31.7 Å². The van der Waals surface area contributed by atoms with Crippen LogP contribution in [0.2, 0.25) is 0 Å². The first-order valence-electron chi connectivity index (χ1n) is 12.2. The van der Waals surface area contributed by atoms with Gasteiger partial charge in [-0.15, -0.1) is 0 Å². The van der Waals surface area contributed by atoms with Crippen LogP contribution in [-0.4, -0.2) is 66.8 Å². The van der Waals surface area contributed by atoms with Gasteiger partial charge in [-0.25, -0.2) is 0 Å². The minimum atomic E-state index is -0.878. The highest BCUT2D eigenvalue weighted by Gasteiger charge is 2.40. The zero-order valence-corrected chi connectivity index (χ0v) is 19.9. The summed E-state index contributed by atoms with van der Waals surface area (Å²) in [6, 6.07) is 19.6. The predicted molar refractivity (Wildman–Crippen MR) is 132 cm³/mol. The summed E-state index contributed by atoms with van der Waals surface area (Å²) < 4.78 is 5.37. The Labute approximate surface area is 202 Å². The minimum absolute atomic E-state index is 0.111. The topological polar surface area (TPSA) is 90.9 Å². The first-order valence-corrected chi connectivity index (χ1v) is 12.2. The molecule has 0 bridgehead atoms. The lowest BCUT2D eigenvalue weighted by Gasteiger charge is -2.36. The maximum atomic E-state index is 12.8. The molecule has 7 nitrogen and oxygen atoms in total. The molecule has 1 saturated carbocycles. The molecule has 0 spiro atoms. The van der Waals surface area contributed by atoms with Crippen LogP contribution in [0.4, 0.5) is 0 Å². The second-order valence-corrected chi connectivity index (χ2v) is 8.82. The third-order valence-electron chi connectivity index (χ3n) is 6.28. The second kappa shape index (κ2) is 13.8. The van der Waals surface area contributed by atoms with Crippen LogP contribution in [0.15, 0.2) is 60.7 Å². The molecule has 1 saturated heterocycles. The highest BCUT2D eigenvalue weighted by Crippen LogP contribution is 2.29. The van der Waals surface area contributed by atoms with E-state index in [2.05, 4.69) is 15.5 Å². The van der Waals surface area contributed by atoms with Gasteiger partial charge >= 0.3 is 0 Å². The molecule has 4 rings (SSSR count). The van der Waals surface area contributed by atoms with Gasteiger partial charge in [-0.05, 0) is 30.5 Å². The Morgan fingerprint density at radius 1 is 0.912 bits per heavy atom. The van der Waals surface area contributed by atoms with Crippen LogP contribution in [0.3, 0.4) is 0 Å². The van der Waals surface area contributed by atoms with Crippen molar-refractivity contribution in [3.05, 3.63) is 71.8 Å². The van der Waals surface area contributed by atoms with Crippen LogP contribution in [-0.2, 0) is 16.1 Å². The van der Waals surface area contributed by atoms with Crippen LogP contribution in [0.5, 0.6) is 0 Å². The number of nitrogens with one attached hydrogen (secondary N) is 2. The Bertz CT molecular complexity index is 834. The first-order chi connectivity index (χ1) is 16.6. The standard InChI is InChI=1S/C21H31N3O4.C6H6/c25-13-10-22-20(27)21(8-2-1-3-9-21)23-19(26)18-6-4-17(5-7-18)16-24-11-14-28-15-12-24;1-2-4-6-5-3-1/h4-7,25H,1-3,8-16H2,(H,22,27)(H,23,26);1-6H. The summed E-state index contributed by atoms with van der Waals surface area (Å²) in [5.41, 5.74) is 0.842. The number of hydrogen-bond acceptors (Lipinski definition) is 5. The highest BCUT2D eigenvalue weighted by atomic mass is 16.5. The number of aliphatic hydroxyl groups is 1. The van der Waals surface area contributed by atoms with Crippen LogP contribution in [0.25, 0.3) is 0 Å². The molecule has 0 aromatic heterocycles. The Morgan fingerprint density at radius 3 is 2.06 bits per heavy atom. The third kappa shape index (κ3) is 7.94. The molecule has 2 aliphatic rings. The SMILES string of the molecule is O=C(NC1(C(=O)NCCO)CCCCC1)c1ccc(CN2CCOCC2)cc1.c1ccccc1. The van der Waals surface area contributed by atoms with Crippen LogP contribution < -0.4 is 10.6 Å². The zero-order valence-electron chi connectivity index (χ0n) is 19.9. The summed E-state index contributed by atoms with van der Waals surface area (Å²) in [4.78, 5) is 27.8. The summed E-state index contributed by atoms with van der Waals surface area (Å²) >= 11 is 0. The number of nitrogens with zero attached hydrogens (tertiary/aromatic N) is 1. The lowest BCUT2D eigenvalue weighted by Crippen LogP contribution is -2.60. The molecule has 2 aromatic carbocycles. The van der Waals surface area contributed by atoms with Gasteiger partial charge in [0.05, 0.1) is 19.8 Å². The largest absolute Gasteiger partial charge is 0.395 e. The fourth-order valence-electron chi connectivity index (χ4n) is 4.36. The zero-order chi connectivity index (χ0) is 24.1. The summed E-state index contributed by atoms with van der Waals surface area (Å²) in [7, 11) is 0. The smallest absolute Gasteiger partial charge is 0.252 e. The van der Waals surface area contributed by atoms with Crippen molar-refractivity contribution in [2.45, 2.75) is 44.2 Å². The van der Waals surface area contributed by atoms with E-state index in [-0.39, 0.29) is 25.0 Å². The van der Waals surface area contributed by atoms with Gasteiger partial charge in [-0.2, -0.15) is 0 Å². The fraction of sp³-hybridized carbons (Fsp3) is 0.481. The van der Waals surface area contributed by atoms with Gasteiger partial charge in [0.2, 0.25) is 5.91 Å². The van der Waals surface area contributed by atoms with E-state index in [1.165, 1.54) is 0 Å². The van der Waals surface area contributed by atoms with Gasteiger partial charge in [0.25, 0.3) is 5.91 Å². The molecule has 0 radical (unpaired) electrons. The van der Waals surface area contributed by atoms with Gasteiger partial charge in [-0.3, -0.25) is 14.5 Å². The molecular weight excluding hydrogens is 430 g/mol. The van der Waals surface area contributed by atoms with Crippen molar-refractivity contribution in [3.8, 4) is 0 Å². The molecule has 184 valence electrons. The summed E-state index contributed by atoms with van der Waals surface area (Å²) in [5, 5.41) is 14.7. The molecule has 7 heteroatoms. The molecule has 2 amide bonds. The number of ether oxygens (including phenoxy) is 1. The molecule has 2 fully saturated rings. The van der Waals surface area contributed by atoms with Crippen molar-refractivity contribution in [2.24, 2.45) is 0 Å². The Morgan fingerprint density at radius 2 is 1.50 bits per heavy atom. The predicted octanol–water partition coefficient (Wildman–Crippen LogP) is 2.75. The molecule has 2 aromatic rings. The Balaban J connectivity index is 0.000000469. The van der Waals surface area contributed by atoms with Gasteiger partial charge in [-0.1, -0.05) is 67.8 Å². The lowest BCUT2D eigenvalue weighted by atomic mass is 9.80. The average molecular weight is 468 g/mol. The highest BCUT2D eigenvalue weighted by molar-refractivity contribution is 5.99. The molecule has 34 heavy (non-hydrogen) atoms. The lowest BCUT2D eigenvalue weighted by molar-refractivity contribution is -0.128. The minimum Gasteiger partial charge on any atom is -0.395 e. The maximum absolute atomic E-state index is 12.8.